The third-order valence-corrected chi connectivity index (χ3v) is 12.7. The molecule has 0 saturated heterocycles. The molecular formula is C49H31N3OS. The van der Waals surface area contributed by atoms with Gasteiger partial charge >= 0.3 is 0 Å². The molecule has 254 valence electrons. The number of fused-ring (bicyclic) bond motifs is 11. The lowest BCUT2D eigenvalue weighted by atomic mass is 9.72. The zero-order chi connectivity index (χ0) is 35.7. The minimum Gasteiger partial charge on any atom is -0.455 e. The van der Waals surface area contributed by atoms with Crippen LogP contribution in [0.5, 0.6) is 0 Å². The second-order valence-corrected chi connectivity index (χ2v) is 15.9. The zero-order valence-corrected chi connectivity index (χ0v) is 30.4. The van der Waals surface area contributed by atoms with Gasteiger partial charge < -0.3 is 8.98 Å². The Balaban J connectivity index is 1.08. The predicted octanol–water partition coefficient (Wildman–Crippen LogP) is 13.5. The lowest BCUT2D eigenvalue weighted by Gasteiger charge is -2.36. The van der Waals surface area contributed by atoms with E-state index in [4.69, 9.17) is 14.4 Å². The maximum Gasteiger partial charge on any atom is 0.164 e. The Labute approximate surface area is 314 Å². The molecule has 54 heavy (non-hydrogen) atoms. The van der Waals surface area contributed by atoms with Crippen LogP contribution in [0, 0.1) is 0 Å². The molecular weight excluding hydrogens is 679 g/mol. The van der Waals surface area contributed by atoms with Crippen LogP contribution in [0.3, 0.4) is 0 Å². The van der Waals surface area contributed by atoms with Crippen LogP contribution in [-0.2, 0) is 5.41 Å². The van der Waals surface area contributed by atoms with E-state index in [1.807, 2.05) is 29.5 Å². The third-order valence-electron chi connectivity index (χ3n) is 11.6. The van der Waals surface area contributed by atoms with Crippen LogP contribution in [0.1, 0.15) is 25.0 Å². The van der Waals surface area contributed by atoms with Gasteiger partial charge in [-0.1, -0.05) is 129 Å². The number of hydrogen-bond acceptors (Lipinski definition) is 4. The summed E-state index contributed by atoms with van der Waals surface area (Å²) in [6.45, 7) is 4.78. The summed E-state index contributed by atoms with van der Waals surface area (Å²) in [6, 6.07) is 54.2. The van der Waals surface area contributed by atoms with Gasteiger partial charge in [0.05, 0.1) is 28.0 Å². The number of rotatable bonds is 3. The number of furan rings is 1. The van der Waals surface area contributed by atoms with E-state index in [0.29, 0.717) is 5.82 Å². The summed E-state index contributed by atoms with van der Waals surface area (Å²) >= 11 is 1.89. The number of nitrogens with zero attached hydrogens (tertiary/aromatic N) is 3. The molecule has 0 atom stereocenters. The molecule has 5 heterocycles. The van der Waals surface area contributed by atoms with Crippen LogP contribution in [0.2, 0.25) is 0 Å². The van der Waals surface area contributed by atoms with Gasteiger partial charge in [-0.05, 0) is 58.7 Å². The van der Waals surface area contributed by atoms with Crippen molar-refractivity contribution < 1.29 is 4.42 Å². The van der Waals surface area contributed by atoms with Crippen LogP contribution >= 0.6 is 11.3 Å². The van der Waals surface area contributed by atoms with Crippen molar-refractivity contribution in [1.82, 2.24) is 14.5 Å². The van der Waals surface area contributed by atoms with Gasteiger partial charge in [0, 0.05) is 48.0 Å². The van der Waals surface area contributed by atoms with Crippen molar-refractivity contribution in [3.8, 4) is 39.5 Å². The van der Waals surface area contributed by atoms with Crippen LogP contribution in [0.4, 0.5) is 0 Å². The smallest absolute Gasteiger partial charge is 0.164 e. The van der Waals surface area contributed by atoms with E-state index in [0.717, 1.165) is 55.2 Å². The Bertz CT molecular complexity index is 3380. The average molecular weight is 710 g/mol. The van der Waals surface area contributed by atoms with Gasteiger partial charge in [0.1, 0.15) is 16.0 Å². The summed E-state index contributed by atoms with van der Waals surface area (Å²) < 4.78 is 10.3. The van der Waals surface area contributed by atoms with E-state index in [9.17, 15) is 0 Å². The van der Waals surface area contributed by atoms with Crippen molar-refractivity contribution in [3.63, 3.8) is 0 Å². The van der Waals surface area contributed by atoms with Gasteiger partial charge in [0.2, 0.25) is 0 Å². The molecule has 0 aliphatic carbocycles. The number of benzene rings is 7. The molecule has 0 unspecified atom stereocenters. The van der Waals surface area contributed by atoms with Crippen LogP contribution in [-0.4, -0.2) is 14.5 Å². The molecule has 0 bridgehead atoms. The Morgan fingerprint density at radius 2 is 1.30 bits per heavy atom. The average Bonchev–Trinajstić information content (AvgIpc) is 3.89. The van der Waals surface area contributed by atoms with Gasteiger partial charge in [-0.15, -0.1) is 11.3 Å². The Hall–Kier alpha value is -6.56. The summed E-state index contributed by atoms with van der Waals surface area (Å²) in [7, 11) is 0. The standard InChI is InChI=1S/C49H31N3OS/c1-49(2)37-22-11-20-35-42-34-17-5-8-26-41(34)54-48(42)52(45(35)37)39-24-12-18-30(43(39)49)28-13-9-14-29(27-28)44-33-16-3-6-23-38(33)50-47(51-44)36-21-10-19-32-31-15-4-7-25-40(31)53-46(32)36/h3-27H,1-2H3. The molecule has 7 aromatic carbocycles. The topological polar surface area (TPSA) is 43.9 Å². The fourth-order valence-corrected chi connectivity index (χ4v) is 10.4. The van der Waals surface area contributed by atoms with Crippen LogP contribution < -0.4 is 0 Å². The summed E-state index contributed by atoms with van der Waals surface area (Å²) in [6.07, 6.45) is 0. The SMILES string of the molecule is CC1(C)c2c(-c3cccc(-c4nc(-c5cccc6c5oc5ccccc56)nc5ccccc45)c3)cccc2-n2c3sc4ccccc4c3c3cccc1c32. The van der Waals surface area contributed by atoms with E-state index >= 15 is 0 Å². The maximum atomic E-state index is 6.45. The molecule has 1 aliphatic rings. The molecule has 4 aromatic heterocycles. The van der Waals surface area contributed by atoms with Gasteiger partial charge in [-0.3, -0.25) is 0 Å². The number of thiophene rings is 1. The van der Waals surface area contributed by atoms with Gasteiger partial charge in [-0.25, -0.2) is 9.97 Å². The second-order valence-electron chi connectivity index (χ2n) is 14.9. The Morgan fingerprint density at radius 3 is 2.22 bits per heavy atom. The van der Waals surface area contributed by atoms with E-state index in [1.54, 1.807) is 0 Å². The van der Waals surface area contributed by atoms with Gasteiger partial charge in [0.25, 0.3) is 0 Å². The van der Waals surface area contributed by atoms with Crippen molar-refractivity contribution in [2.75, 3.05) is 0 Å². The normalized spacial score (nSPS) is 13.5. The first-order chi connectivity index (χ1) is 26.5. The highest BCUT2D eigenvalue weighted by Gasteiger charge is 2.37. The molecule has 0 spiro atoms. The highest BCUT2D eigenvalue weighted by Crippen LogP contribution is 2.53. The summed E-state index contributed by atoms with van der Waals surface area (Å²) in [5.74, 6) is 0.651. The molecule has 0 saturated carbocycles. The number of para-hydroxylation sites is 4. The molecule has 1 aliphatic heterocycles. The highest BCUT2D eigenvalue weighted by atomic mass is 32.1. The van der Waals surface area contributed by atoms with Crippen LogP contribution in [0.25, 0.3) is 104 Å². The third kappa shape index (κ3) is 3.97. The summed E-state index contributed by atoms with van der Waals surface area (Å²) in [5, 5.41) is 7.19. The lowest BCUT2D eigenvalue weighted by Crippen LogP contribution is -2.27. The summed E-state index contributed by atoms with van der Waals surface area (Å²) in [5.41, 5.74) is 12.8. The van der Waals surface area contributed by atoms with Gasteiger partial charge in [0.15, 0.2) is 5.82 Å². The predicted molar refractivity (Wildman–Crippen MR) is 225 cm³/mol. The minimum atomic E-state index is -0.242. The largest absolute Gasteiger partial charge is 0.455 e. The zero-order valence-electron chi connectivity index (χ0n) is 29.6. The first kappa shape index (κ1) is 30.0. The van der Waals surface area contributed by atoms with E-state index in [-0.39, 0.29) is 5.41 Å². The number of hydrogen-bond donors (Lipinski definition) is 0. The first-order valence-corrected chi connectivity index (χ1v) is 19.2. The quantitative estimate of drug-likeness (QED) is 0.183. The Kier molecular flexibility index (Phi) is 5.96. The van der Waals surface area contributed by atoms with Gasteiger partial charge in [-0.2, -0.15) is 0 Å². The van der Waals surface area contributed by atoms with Crippen molar-refractivity contribution in [1.29, 1.82) is 0 Å². The van der Waals surface area contributed by atoms with Crippen molar-refractivity contribution >= 4 is 75.4 Å². The van der Waals surface area contributed by atoms with E-state index in [1.165, 1.54) is 53.6 Å². The Morgan fingerprint density at radius 1 is 0.593 bits per heavy atom. The van der Waals surface area contributed by atoms with E-state index < -0.39 is 0 Å². The molecule has 0 N–H and O–H groups in total. The summed E-state index contributed by atoms with van der Waals surface area (Å²) in [4.78, 5) is 11.8. The minimum absolute atomic E-state index is 0.242. The lowest BCUT2D eigenvalue weighted by molar-refractivity contribution is 0.632. The fourth-order valence-electron chi connectivity index (χ4n) is 9.21. The highest BCUT2D eigenvalue weighted by molar-refractivity contribution is 7.25. The fraction of sp³-hybridized carbons (Fsp3) is 0.0612. The molecule has 11 aromatic rings. The first-order valence-electron chi connectivity index (χ1n) is 18.4. The molecule has 0 fully saturated rings. The molecule has 4 nitrogen and oxygen atoms in total. The molecule has 12 rings (SSSR count). The van der Waals surface area contributed by atoms with Crippen molar-refractivity contribution in [3.05, 3.63) is 163 Å². The monoisotopic (exact) mass is 709 g/mol. The molecule has 0 radical (unpaired) electrons. The number of aromatic nitrogens is 3. The van der Waals surface area contributed by atoms with Crippen LogP contribution in [0.15, 0.2) is 156 Å². The maximum absolute atomic E-state index is 6.45. The molecule has 5 heteroatoms. The second kappa shape index (κ2) is 10.8. The molecule has 0 amide bonds. The van der Waals surface area contributed by atoms with E-state index in [2.05, 4.69) is 152 Å². The van der Waals surface area contributed by atoms with Crippen molar-refractivity contribution in [2.24, 2.45) is 0 Å². The van der Waals surface area contributed by atoms with Crippen molar-refractivity contribution in [2.45, 2.75) is 19.3 Å².